The number of furan rings is 1. The van der Waals surface area contributed by atoms with Crippen molar-refractivity contribution in [2.75, 3.05) is 0 Å². The van der Waals surface area contributed by atoms with Crippen LogP contribution in [0.2, 0.25) is 0 Å². The number of aryl methyl sites for hydroxylation is 1. The van der Waals surface area contributed by atoms with Crippen LogP contribution in [-0.4, -0.2) is 17.0 Å². The summed E-state index contributed by atoms with van der Waals surface area (Å²) in [6.07, 6.45) is 4.03. The van der Waals surface area contributed by atoms with Crippen molar-refractivity contribution in [1.82, 2.24) is 5.32 Å². The van der Waals surface area contributed by atoms with Crippen molar-refractivity contribution in [1.29, 1.82) is 0 Å². The van der Waals surface area contributed by atoms with Crippen LogP contribution in [0.1, 0.15) is 27.2 Å². The standard InChI is InChI=1S/C16H15NO4/c1-11-4-5-12(6-7-15(18)19)9-14(11)16(20)17-10-13-3-2-8-21-13/h2-9H,10H2,1H3,(H,17,20)(H,18,19). The van der Waals surface area contributed by atoms with Gasteiger partial charge in [-0.3, -0.25) is 4.79 Å². The fourth-order valence-electron chi connectivity index (χ4n) is 1.83. The maximum Gasteiger partial charge on any atom is 0.328 e. The zero-order valence-corrected chi connectivity index (χ0v) is 11.5. The second-order valence-corrected chi connectivity index (χ2v) is 4.51. The maximum absolute atomic E-state index is 12.2. The summed E-state index contributed by atoms with van der Waals surface area (Å²) in [7, 11) is 0. The van der Waals surface area contributed by atoms with Gasteiger partial charge in [-0.05, 0) is 42.3 Å². The third-order valence-corrected chi connectivity index (χ3v) is 2.93. The first-order valence-electron chi connectivity index (χ1n) is 6.38. The average Bonchev–Trinajstić information content (AvgIpc) is 2.97. The monoisotopic (exact) mass is 285 g/mol. The predicted molar refractivity (Wildman–Crippen MR) is 77.7 cm³/mol. The summed E-state index contributed by atoms with van der Waals surface area (Å²) in [5.74, 6) is -0.586. The molecule has 2 N–H and O–H groups in total. The van der Waals surface area contributed by atoms with Gasteiger partial charge in [0.25, 0.3) is 5.91 Å². The molecule has 0 saturated carbocycles. The van der Waals surface area contributed by atoms with E-state index < -0.39 is 5.97 Å². The zero-order valence-electron chi connectivity index (χ0n) is 11.5. The molecule has 0 fully saturated rings. The van der Waals surface area contributed by atoms with Crippen molar-refractivity contribution in [3.63, 3.8) is 0 Å². The van der Waals surface area contributed by atoms with Crippen LogP contribution in [0.15, 0.2) is 47.1 Å². The summed E-state index contributed by atoms with van der Waals surface area (Å²) in [5.41, 5.74) is 1.99. The number of hydrogen-bond donors (Lipinski definition) is 2. The molecule has 2 aromatic rings. The number of amides is 1. The van der Waals surface area contributed by atoms with E-state index in [1.807, 2.05) is 6.92 Å². The second-order valence-electron chi connectivity index (χ2n) is 4.51. The number of carbonyl (C=O) groups is 2. The van der Waals surface area contributed by atoms with Crippen LogP contribution < -0.4 is 5.32 Å². The molecule has 1 aromatic heterocycles. The molecule has 1 heterocycles. The fourth-order valence-corrected chi connectivity index (χ4v) is 1.83. The van der Waals surface area contributed by atoms with Crippen molar-refractivity contribution >= 4 is 18.0 Å². The van der Waals surface area contributed by atoms with Gasteiger partial charge in [0.2, 0.25) is 0 Å². The van der Waals surface area contributed by atoms with Crippen LogP contribution in [0.5, 0.6) is 0 Å². The van der Waals surface area contributed by atoms with E-state index in [-0.39, 0.29) is 5.91 Å². The highest BCUT2D eigenvalue weighted by atomic mass is 16.4. The first-order chi connectivity index (χ1) is 10.1. The number of aliphatic carboxylic acids is 1. The van der Waals surface area contributed by atoms with E-state index in [1.165, 1.54) is 6.08 Å². The lowest BCUT2D eigenvalue weighted by Crippen LogP contribution is -2.23. The third-order valence-electron chi connectivity index (χ3n) is 2.93. The highest BCUT2D eigenvalue weighted by Gasteiger charge is 2.09. The number of carboxylic acids is 1. The molecule has 21 heavy (non-hydrogen) atoms. The molecular weight excluding hydrogens is 270 g/mol. The number of hydrogen-bond acceptors (Lipinski definition) is 3. The van der Waals surface area contributed by atoms with Gasteiger partial charge in [-0.15, -0.1) is 0 Å². The quantitative estimate of drug-likeness (QED) is 0.828. The van der Waals surface area contributed by atoms with Gasteiger partial charge in [0, 0.05) is 11.6 Å². The third kappa shape index (κ3) is 4.07. The Labute approximate surface area is 121 Å². The summed E-state index contributed by atoms with van der Waals surface area (Å²) in [4.78, 5) is 22.7. The Bertz CT molecular complexity index is 672. The number of rotatable bonds is 5. The van der Waals surface area contributed by atoms with E-state index in [0.717, 1.165) is 11.6 Å². The minimum atomic E-state index is -1.03. The summed E-state index contributed by atoms with van der Waals surface area (Å²) in [6.45, 7) is 2.13. The number of carbonyl (C=O) groups excluding carboxylic acids is 1. The lowest BCUT2D eigenvalue weighted by atomic mass is 10.0. The first-order valence-corrected chi connectivity index (χ1v) is 6.38. The molecule has 108 valence electrons. The normalized spacial score (nSPS) is 10.7. The van der Waals surface area contributed by atoms with E-state index >= 15 is 0 Å². The molecule has 2 rings (SSSR count). The molecule has 0 aliphatic heterocycles. The van der Waals surface area contributed by atoms with Gasteiger partial charge in [0.05, 0.1) is 12.8 Å². The van der Waals surface area contributed by atoms with Gasteiger partial charge in [0.1, 0.15) is 5.76 Å². The van der Waals surface area contributed by atoms with Gasteiger partial charge in [-0.25, -0.2) is 4.79 Å². The van der Waals surface area contributed by atoms with Crippen LogP contribution in [0, 0.1) is 6.92 Å². The van der Waals surface area contributed by atoms with Crippen molar-refractivity contribution in [2.45, 2.75) is 13.5 Å². The van der Waals surface area contributed by atoms with E-state index in [4.69, 9.17) is 9.52 Å². The molecule has 1 aromatic carbocycles. The van der Waals surface area contributed by atoms with Crippen molar-refractivity contribution < 1.29 is 19.1 Å². The zero-order chi connectivity index (χ0) is 15.2. The lowest BCUT2D eigenvalue weighted by Gasteiger charge is -2.07. The van der Waals surface area contributed by atoms with Gasteiger partial charge in [-0.2, -0.15) is 0 Å². The average molecular weight is 285 g/mol. The van der Waals surface area contributed by atoms with E-state index in [2.05, 4.69) is 5.32 Å². The predicted octanol–water partition coefficient (Wildman–Crippen LogP) is 2.62. The lowest BCUT2D eigenvalue weighted by molar-refractivity contribution is -0.131. The number of carboxylic acid groups (broad SMARTS) is 1. The summed E-state index contributed by atoms with van der Waals surface area (Å²) in [5, 5.41) is 11.4. The smallest absolute Gasteiger partial charge is 0.328 e. The largest absolute Gasteiger partial charge is 0.478 e. The number of nitrogens with one attached hydrogen (secondary N) is 1. The van der Waals surface area contributed by atoms with Gasteiger partial charge in [-0.1, -0.05) is 12.1 Å². The Hall–Kier alpha value is -2.82. The maximum atomic E-state index is 12.2. The molecule has 0 spiro atoms. The van der Waals surface area contributed by atoms with Gasteiger partial charge < -0.3 is 14.8 Å². The fraction of sp³-hybridized carbons (Fsp3) is 0.125. The first kappa shape index (κ1) is 14.6. The molecular formula is C16H15NO4. The highest BCUT2D eigenvalue weighted by Crippen LogP contribution is 2.13. The molecule has 0 aliphatic carbocycles. The Morgan fingerprint density at radius 3 is 2.81 bits per heavy atom. The molecule has 0 unspecified atom stereocenters. The molecule has 5 heteroatoms. The topological polar surface area (TPSA) is 79.5 Å². The summed E-state index contributed by atoms with van der Waals surface area (Å²) < 4.78 is 5.15. The van der Waals surface area contributed by atoms with Gasteiger partial charge >= 0.3 is 5.97 Å². The Morgan fingerprint density at radius 2 is 2.14 bits per heavy atom. The molecule has 0 saturated heterocycles. The van der Waals surface area contributed by atoms with Crippen molar-refractivity contribution in [2.24, 2.45) is 0 Å². The molecule has 5 nitrogen and oxygen atoms in total. The van der Waals surface area contributed by atoms with E-state index in [0.29, 0.717) is 23.4 Å². The minimum Gasteiger partial charge on any atom is -0.478 e. The Balaban J connectivity index is 2.12. The van der Waals surface area contributed by atoms with E-state index in [1.54, 1.807) is 36.6 Å². The summed E-state index contributed by atoms with van der Waals surface area (Å²) >= 11 is 0. The van der Waals surface area contributed by atoms with E-state index in [9.17, 15) is 9.59 Å². The molecule has 0 bridgehead atoms. The van der Waals surface area contributed by atoms with Crippen LogP contribution in [-0.2, 0) is 11.3 Å². The number of benzene rings is 1. The van der Waals surface area contributed by atoms with Crippen LogP contribution in [0.3, 0.4) is 0 Å². The van der Waals surface area contributed by atoms with Crippen LogP contribution in [0.25, 0.3) is 6.08 Å². The van der Waals surface area contributed by atoms with Crippen molar-refractivity contribution in [3.05, 3.63) is 65.1 Å². The molecule has 0 radical (unpaired) electrons. The summed E-state index contributed by atoms with van der Waals surface area (Å²) in [6, 6.07) is 8.73. The van der Waals surface area contributed by atoms with Crippen molar-refractivity contribution in [3.8, 4) is 0 Å². The SMILES string of the molecule is Cc1ccc(C=CC(=O)O)cc1C(=O)NCc1ccco1. The Morgan fingerprint density at radius 1 is 1.33 bits per heavy atom. The molecule has 0 atom stereocenters. The molecule has 1 amide bonds. The highest BCUT2D eigenvalue weighted by molar-refractivity contribution is 5.96. The second kappa shape index (κ2) is 6.56. The van der Waals surface area contributed by atoms with Crippen LogP contribution in [0.4, 0.5) is 0 Å². The van der Waals surface area contributed by atoms with Crippen LogP contribution >= 0.6 is 0 Å². The molecule has 0 aliphatic rings. The Kier molecular flexibility index (Phi) is 4.56. The van der Waals surface area contributed by atoms with Gasteiger partial charge in [0.15, 0.2) is 0 Å². The minimum absolute atomic E-state index is 0.227.